The van der Waals surface area contributed by atoms with Crippen LogP contribution in [-0.4, -0.2) is 44.2 Å². The van der Waals surface area contributed by atoms with E-state index in [0.717, 1.165) is 13.0 Å². The Bertz CT molecular complexity index is 297. The molecule has 16 heavy (non-hydrogen) atoms. The number of nitrogens with one attached hydrogen (secondary N) is 2. The van der Waals surface area contributed by atoms with Crippen LogP contribution in [0.4, 0.5) is 0 Å². The van der Waals surface area contributed by atoms with Gasteiger partial charge in [0.05, 0.1) is 0 Å². The van der Waals surface area contributed by atoms with Gasteiger partial charge in [-0.3, -0.25) is 14.4 Å². The highest BCUT2D eigenvalue weighted by Crippen LogP contribution is 2.58. The Labute approximate surface area is 92.8 Å². The maximum absolute atomic E-state index is 11.0. The van der Waals surface area contributed by atoms with E-state index in [2.05, 4.69) is 10.6 Å². The molecule has 0 saturated carbocycles. The first-order chi connectivity index (χ1) is 7.21. The first kappa shape index (κ1) is 14.3. The quantitative estimate of drug-likeness (QED) is 0.358. The average molecular weight is 274 g/mol. The molecule has 0 aromatic heterocycles. The van der Waals surface area contributed by atoms with Gasteiger partial charge in [0.2, 0.25) is 5.52 Å². The summed E-state index contributed by atoms with van der Waals surface area (Å²) in [6.45, 7) is 1.24. The summed E-state index contributed by atoms with van der Waals surface area (Å²) < 4.78 is 21.9. The summed E-state index contributed by atoms with van der Waals surface area (Å²) in [5, 5.41) is 5.32. The molecule has 0 amide bonds. The van der Waals surface area contributed by atoms with Crippen molar-refractivity contribution >= 4 is 15.2 Å². The summed E-state index contributed by atoms with van der Waals surface area (Å²) in [5.41, 5.74) is -2.11. The van der Waals surface area contributed by atoms with Gasteiger partial charge in [-0.1, -0.05) is 0 Å². The molecule has 1 aliphatic rings. The molecule has 10 heteroatoms. The van der Waals surface area contributed by atoms with E-state index in [1.54, 1.807) is 0 Å². The maximum Gasteiger partial charge on any atom is 0.354 e. The lowest BCUT2D eigenvalue weighted by Crippen LogP contribution is -2.47. The molecule has 96 valence electrons. The van der Waals surface area contributed by atoms with E-state index in [0.29, 0.717) is 13.0 Å². The number of hydrogen-bond donors (Lipinski definition) is 6. The molecule has 1 saturated heterocycles. The van der Waals surface area contributed by atoms with Crippen molar-refractivity contribution in [2.45, 2.75) is 24.4 Å². The summed E-state index contributed by atoms with van der Waals surface area (Å²) in [7, 11) is -9.73. The summed E-state index contributed by atoms with van der Waals surface area (Å²) in [4.78, 5) is 35.5. The van der Waals surface area contributed by atoms with E-state index in [1.807, 2.05) is 0 Å². The fraction of sp³-hybridized carbons (Fsp3) is 1.00. The second-order valence-electron chi connectivity index (χ2n) is 3.76. The van der Waals surface area contributed by atoms with Crippen LogP contribution >= 0.6 is 15.2 Å². The van der Waals surface area contributed by atoms with E-state index in [1.165, 1.54) is 0 Å². The highest BCUT2D eigenvalue weighted by Gasteiger charge is 2.44. The third kappa shape index (κ3) is 4.24. The van der Waals surface area contributed by atoms with Gasteiger partial charge in [-0.15, -0.1) is 0 Å². The van der Waals surface area contributed by atoms with Crippen LogP contribution in [0.2, 0.25) is 0 Å². The summed E-state index contributed by atoms with van der Waals surface area (Å²) in [6.07, 6.45) is 1.43. The molecule has 0 aromatic carbocycles. The van der Waals surface area contributed by atoms with Crippen LogP contribution < -0.4 is 10.6 Å². The minimum absolute atomic E-state index is 0.334. The van der Waals surface area contributed by atoms with Crippen LogP contribution in [0.15, 0.2) is 0 Å². The molecule has 0 bridgehead atoms. The molecule has 1 heterocycles. The van der Waals surface area contributed by atoms with Crippen molar-refractivity contribution in [3.05, 3.63) is 0 Å². The third-order valence-electron chi connectivity index (χ3n) is 2.32. The maximum atomic E-state index is 11.0. The number of hydrogen-bond acceptors (Lipinski definition) is 4. The Morgan fingerprint density at radius 2 is 1.75 bits per heavy atom. The molecule has 1 atom stereocenters. The van der Waals surface area contributed by atoms with Gasteiger partial charge in [0.1, 0.15) is 0 Å². The zero-order valence-electron chi connectivity index (χ0n) is 8.48. The van der Waals surface area contributed by atoms with Gasteiger partial charge in [-0.05, 0) is 19.4 Å². The highest BCUT2D eigenvalue weighted by molar-refractivity contribution is 7.70. The summed E-state index contributed by atoms with van der Waals surface area (Å²) >= 11 is 0. The molecular weight excluding hydrogens is 258 g/mol. The van der Waals surface area contributed by atoms with E-state index in [9.17, 15) is 9.13 Å². The predicted octanol–water partition coefficient (Wildman–Crippen LogP) is -1.03. The van der Waals surface area contributed by atoms with Gasteiger partial charge < -0.3 is 24.9 Å². The fourth-order valence-corrected chi connectivity index (χ4v) is 3.97. The minimum Gasteiger partial charge on any atom is -0.323 e. The van der Waals surface area contributed by atoms with E-state index >= 15 is 0 Å². The van der Waals surface area contributed by atoms with Crippen molar-refractivity contribution in [3.63, 3.8) is 0 Å². The number of rotatable bonds is 4. The van der Waals surface area contributed by atoms with Crippen molar-refractivity contribution in [3.8, 4) is 0 Å². The zero-order chi connectivity index (χ0) is 12.4. The number of piperidine rings is 1. The topological polar surface area (TPSA) is 139 Å². The van der Waals surface area contributed by atoms with Gasteiger partial charge in [0, 0.05) is 12.6 Å². The molecule has 0 radical (unpaired) electrons. The van der Waals surface area contributed by atoms with Gasteiger partial charge in [-0.25, -0.2) is 0 Å². The molecule has 1 unspecified atom stereocenters. The van der Waals surface area contributed by atoms with Gasteiger partial charge in [-0.2, -0.15) is 0 Å². The van der Waals surface area contributed by atoms with Crippen LogP contribution in [-0.2, 0) is 9.13 Å². The van der Waals surface area contributed by atoms with E-state index in [4.69, 9.17) is 19.6 Å². The van der Waals surface area contributed by atoms with Crippen LogP contribution in [0, 0.1) is 0 Å². The van der Waals surface area contributed by atoms with Crippen LogP contribution in [0.1, 0.15) is 12.8 Å². The summed E-state index contributed by atoms with van der Waals surface area (Å²) in [5.74, 6) is 0. The highest BCUT2D eigenvalue weighted by atomic mass is 31.2. The van der Waals surface area contributed by atoms with Crippen molar-refractivity contribution < 1.29 is 28.7 Å². The lowest BCUT2D eigenvalue weighted by molar-refractivity contribution is 0.307. The monoisotopic (exact) mass is 274 g/mol. The molecule has 1 fully saturated rings. The lowest BCUT2D eigenvalue weighted by Gasteiger charge is -2.29. The Balaban J connectivity index is 2.71. The lowest BCUT2D eigenvalue weighted by atomic mass is 10.1. The van der Waals surface area contributed by atoms with Crippen LogP contribution in [0.25, 0.3) is 0 Å². The Morgan fingerprint density at radius 3 is 2.12 bits per heavy atom. The molecule has 0 spiro atoms. The fourth-order valence-electron chi connectivity index (χ4n) is 1.60. The van der Waals surface area contributed by atoms with Crippen molar-refractivity contribution in [2.24, 2.45) is 0 Å². The predicted molar refractivity (Wildman–Crippen MR) is 56.9 cm³/mol. The first-order valence-corrected chi connectivity index (χ1v) is 8.15. The van der Waals surface area contributed by atoms with Crippen LogP contribution in [0.5, 0.6) is 0 Å². The first-order valence-electron chi connectivity index (χ1n) is 4.78. The molecule has 1 aliphatic heterocycles. The van der Waals surface area contributed by atoms with Crippen molar-refractivity contribution in [1.82, 2.24) is 10.6 Å². The molecule has 0 aliphatic carbocycles. The van der Waals surface area contributed by atoms with Gasteiger partial charge in [0.25, 0.3) is 0 Å². The van der Waals surface area contributed by atoms with E-state index < -0.39 is 20.7 Å². The van der Waals surface area contributed by atoms with E-state index in [-0.39, 0.29) is 6.04 Å². The third-order valence-corrected chi connectivity index (χ3v) is 5.70. The Hall–Kier alpha value is 0.220. The van der Waals surface area contributed by atoms with Gasteiger partial charge >= 0.3 is 15.2 Å². The summed E-state index contributed by atoms with van der Waals surface area (Å²) in [6, 6.07) is -0.334. The molecule has 0 aromatic rings. The smallest absolute Gasteiger partial charge is 0.323 e. The molecular formula is C6H16N2O6P2. The van der Waals surface area contributed by atoms with Crippen molar-refractivity contribution in [2.75, 3.05) is 13.1 Å². The molecule has 8 nitrogen and oxygen atoms in total. The second kappa shape index (κ2) is 5.25. The molecule has 1 rings (SSSR count). The molecule has 6 N–H and O–H groups in total. The zero-order valence-corrected chi connectivity index (χ0v) is 10.3. The minimum atomic E-state index is -4.87. The SMILES string of the molecule is O=P(O)(O)C(NC1CCCNC1)P(=O)(O)O. The van der Waals surface area contributed by atoms with Crippen LogP contribution in [0.3, 0.4) is 0 Å². The average Bonchev–Trinajstić information content (AvgIpc) is 2.12. The van der Waals surface area contributed by atoms with Crippen molar-refractivity contribution in [1.29, 1.82) is 0 Å². The Morgan fingerprint density at radius 1 is 1.19 bits per heavy atom. The largest absolute Gasteiger partial charge is 0.354 e. The normalized spacial score (nSPS) is 23.7. The van der Waals surface area contributed by atoms with Gasteiger partial charge in [0.15, 0.2) is 0 Å². The second-order valence-corrected chi connectivity index (χ2v) is 7.56. The Kier molecular flexibility index (Phi) is 4.68. The standard InChI is InChI=1S/C6H16N2O6P2/c9-15(10,11)6(16(12,13)14)8-5-2-1-3-7-4-5/h5-8H,1-4H2,(H2,9,10,11)(H2,12,13,14).